The zero-order chi connectivity index (χ0) is 15.0. The highest BCUT2D eigenvalue weighted by atomic mass is 16.1. The first-order valence-electron chi connectivity index (χ1n) is 6.67. The average molecular weight is 287 g/mol. The lowest BCUT2D eigenvalue weighted by molar-refractivity contribution is 0.796. The molecule has 8 nitrogen and oxygen atoms in total. The zero-order valence-corrected chi connectivity index (χ0v) is 11.9. The van der Waals surface area contributed by atoms with E-state index < -0.39 is 0 Å². The number of nitrogens with two attached hydrogens (primary N) is 1. The second kappa shape index (κ2) is 5.06. The van der Waals surface area contributed by atoms with Crippen LogP contribution in [0.2, 0.25) is 0 Å². The molecule has 0 unspecified atom stereocenters. The van der Waals surface area contributed by atoms with Gasteiger partial charge in [-0.3, -0.25) is 9.78 Å². The fourth-order valence-corrected chi connectivity index (χ4v) is 2.45. The van der Waals surface area contributed by atoms with Gasteiger partial charge in [0.25, 0.3) is 5.56 Å². The Hall–Kier alpha value is -2.61. The molecule has 0 aliphatic carbocycles. The summed E-state index contributed by atoms with van der Waals surface area (Å²) in [5.74, 6) is 0.761. The van der Waals surface area contributed by atoms with Gasteiger partial charge in [0.15, 0.2) is 0 Å². The molecule has 0 spiro atoms. The molecule has 21 heavy (non-hydrogen) atoms. The van der Waals surface area contributed by atoms with Gasteiger partial charge in [-0.25, -0.2) is 9.97 Å². The van der Waals surface area contributed by atoms with Crippen molar-refractivity contribution >= 4 is 33.8 Å². The normalized spacial score (nSPS) is 11.3. The lowest BCUT2D eigenvalue weighted by Gasteiger charge is -2.07. The molecule has 0 fully saturated rings. The van der Waals surface area contributed by atoms with Crippen LogP contribution in [0.3, 0.4) is 0 Å². The summed E-state index contributed by atoms with van der Waals surface area (Å²) in [5, 5.41) is 6.57. The summed E-state index contributed by atoms with van der Waals surface area (Å²) in [6.45, 7) is 0.754. The molecule has 2 heterocycles. The summed E-state index contributed by atoms with van der Waals surface area (Å²) in [6, 6.07) is 1.76. The molecule has 0 bridgehead atoms. The van der Waals surface area contributed by atoms with Gasteiger partial charge in [-0.05, 0) is 26.1 Å². The van der Waals surface area contributed by atoms with Gasteiger partial charge in [-0.2, -0.15) is 0 Å². The molecular formula is C13H17N7O. The van der Waals surface area contributed by atoms with Gasteiger partial charge in [-0.1, -0.05) is 0 Å². The van der Waals surface area contributed by atoms with Crippen LogP contribution in [-0.4, -0.2) is 40.6 Å². The van der Waals surface area contributed by atoms with Crippen molar-refractivity contribution in [2.24, 2.45) is 0 Å². The lowest BCUT2D eigenvalue weighted by atomic mass is 10.1. The standard InChI is InChI=1S/C13H17N7O/c1-15-4-3-6-9-7(11(21)20-12(14)18-9)5-8-10(6)19-13(16-2)17-8/h5,15H,3-4H2,1-2H3,(H2,16,17,19)(H3,14,18,20,21). The van der Waals surface area contributed by atoms with Gasteiger partial charge in [-0.15, -0.1) is 0 Å². The second-order valence-electron chi connectivity index (χ2n) is 4.79. The third-order valence-corrected chi connectivity index (χ3v) is 3.43. The summed E-state index contributed by atoms with van der Waals surface area (Å²) < 4.78 is 0. The minimum atomic E-state index is -0.245. The van der Waals surface area contributed by atoms with Gasteiger partial charge in [0.05, 0.1) is 21.9 Å². The number of fused-ring (bicyclic) bond motifs is 2. The third-order valence-electron chi connectivity index (χ3n) is 3.43. The number of imidazole rings is 1. The highest BCUT2D eigenvalue weighted by molar-refractivity contribution is 5.98. The van der Waals surface area contributed by atoms with Crippen molar-refractivity contribution in [3.05, 3.63) is 22.0 Å². The number of likely N-dealkylation sites (N-methyl/N-ethyl adjacent to an activating group) is 1. The predicted octanol–water partition coefficient (Wildman–Crippen LogP) is 0.185. The molecule has 0 radical (unpaired) electrons. The van der Waals surface area contributed by atoms with Gasteiger partial charge in [0, 0.05) is 12.6 Å². The van der Waals surface area contributed by atoms with Gasteiger partial charge >= 0.3 is 0 Å². The molecule has 6 N–H and O–H groups in total. The number of hydrogen-bond acceptors (Lipinski definition) is 6. The van der Waals surface area contributed by atoms with Crippen molar-refractivity contribution in [2.75, 3.05) is 31.7 Å². The summed E-state index contributed by atoms with van der Waals surface area (Å²) in [7, 11) is 3.66. The van der Waals surface area contributed by atoms with Crippen LogP contribution in [0.1, 0.15) is 5.56 Å². The lowest BCUT2D eigenvalue weighted by Crippen LogP contribution is -2.15. The van der Waals surface area contributed by atoms with Crippen LogP contribution >= 0.6 is 0 Å². The Balaban J connectivity index is 2.40. The molecule has 2 aromatic heterocycles. The number of nitrogen functional groups attached to an aromatic ring is 1. The van der Waals surface area contributed by atoms with Gasteiger partial charge < -0.3 is 21.4 Å². The molecule has 0 aliphatic heterocycles. The number of H-pyrrole nitrogens is 2. The molecule has 3 rings (SSSR count). The number of nitrogens with one attached hydrogen (secondary N) is 4. The summed E-state index contributed by atoms with van der Waals surface area (Å²) in [4.78, 5) is 26.6. The number of aromatic nitrogens is 4. The number of hydrogen-bond donors (Lipinski definition) is 5. The highest BCUT2D eigenvalue weighted by Gasteiger charge is 2.15. The zero-order valence-electron chi connectivity index (χ0n) is 11.9. The Labute approximate surface area is 120 Å². The Morgan fingerprint density at radius 2 is 2.05 bits per heavy atom. The molecule has 8 heteroatoms. The van der Waals surface area contributed by atoms with Crippen molar-refractivity contribution in [1.82, 2.24) is 25.3 Å². The van der Waals surface area contributed by atoms with E-state index in [-0.39, 0.29) is 11.5 Å². The predicted molar refractivity (Wildman–Crippen MR) is 83.6 cm³/mol. The number of nitrogens with zero attached hydrogens (tertiary/aromatic N) is 2. The van der Waals surface area contributed by atoms with Crippen LogP contribution in [0.5, 0.6) is 0 Å². The smallest absolute Gasteiger partial charge is 0.260 e. The van der Waals surface area contributed by atoms with E-state index in [0.29, 0.717) is 23.3 Å². The number of rotatable bonds is 4. The van der Waals surface area contributed by atoms with Crippen LogP contribution in [0, 0.1) is 0 Å². The molecule has 0 amide bonds. The van der Waals surface area contributed by atoms with Crippen LogP contribution in [0.4, 0.5) is 11.9 Å². The molecule has 1 aromatic carbocycles. The first-order chi connectivity index (χ1) is 10.1. The van der Waals surface area contributed by atoms with Gasteiger partial charge in [0.1, 0.15) is 0 Å². The van der Waals surface area contributed by atoms with E-state index >= 15 is 0 Å². The van der Waals surface area contributed by atoms with Crippen LogP contribution in [0.25, 0.3) is 21.9 Å². The van der Waals surface area contributed by atoms with Crippen LogP contribution < -0.4 is 21.9 Å². The Morgan fingerprint density at radius 1 is 1.24 bits per heavy atom. The topological polar surface area (TPSA) is 125 Å². The Bertz CT molecular complexity index is 864. The van der Waals surface area contributed by atoms with E-state index in [9.17, 15) is 4.79 Å². The van der Waals surface area contributed by atoms with E-state index in [0.717, 1.165) is 23.1 Å². The molecule has 0 saturated carbocycles. The molecular weight excluding hydrogens is 270 g/mol. The van der Waals surface area contributed by atoms with Crippen molar-refractivity contribution in [2.45, 2.75) is 6.42 Å². The van der Waals surface area contributed by atoms with E-state index in [1.807, 2.05) is 7.05 Å². The highest BCUT2D eigenvalue weighted by Crippen LogP contribution is 2.25. The van der Waals surface area contributed by atoms with Crippen molar-refractivity contribution < 1.29 is 0 Å². The van der Waals surface area contributed by atoms with E-state index in [4.69, 9.17) is 5.73 Å². The minimum absolute atomic E-state index is 0.113. The second-order valence-corrected chi connectivity index (χ2v) is 4.79. The number of anilines is 2. The number of benzene rings is 1. The monoisotopic (exact) mass is 287 g/mol. The largest absolute Gasteiger partial charge is 0.369 e. The molecule has 0 saturated heterocycles. The maximum Gasteiger partial charge on any atom is 0.260 e. The maximum absolute atomic E-state index is 12.1. The average Bonchev–Trinajstić information content (AvgIpc) is 2.87. The first-order valence-corrected chi connectivity index (χ1v) is 6.67. The van der Waals surface area contributed by atoms with E-state index in [2.05, 4.69) is 30.6 Å². The number of aromatic amines is 2. The Kier molecular flexibility index (Phi) is 3.22. The van der Waals surface area contributed by atoms with Crippen LogP contribution in [-0.2, 0) is 6.42 Å². The van der Waals surface area contributed by atoms with Crippen molar-refractivity contribution in [1.29, 1.82) is 0 Å². The summed E-state index contributed by atoms with van der Waals surface area (Å²) in [6.07, 6.45) is 0.703. The Morgan fingerprint density at radius 3 is 2.76 bits per heavy atom. The fraction of sp³-hybridized carbons (Fsp3) is 0.308. The SMILES string of the molecule is CNCCc1c2nc(NC)[nH]c2cc2c(=O)[nH]c(N)nc12. The van der Waals surface area contributed by atoms with Gasteiger partial charge in [0.2, 0.25) is 11.9 Å². The first kappa shape index (κ1) is 13.4. The fourth-order valence-electron chi connectivity index (χ4n) is 2.45. The van der Waals surface area contributed by atoms with Crippen LogP contribution in [0.15, 0.2) is 10.9 Å². The maximum atomic E-state index is 12.1. The third kappa shape index (κ3) is 2.19. The van der Waals surface area contributed by atoms with E-state index in [1.54, 1.807) is 13.1 Å². The molecule has 110 valence electrons. The van der Waals surface area contributed by atoms with Crippen molar-refractivity contribution in [3.63, 3.8) is 0 Å². The molecule has 3 aromatic rings. The van der Waals surface area contributed by atoms with Crippen molar-refractivity contribution in [3.8, 4) is 0 Å². The summed E-state index contributed by atoms with van der Waals surface area (Å²) in [5.41, 5.74) is 8.55. The molecule has 0 aliphatic rings. The summed E-state index contributed by atoms with van der Waals surface area (Å²) >= 11 is 0. The minimum Gasteiger partial charge on any atom is -0.369 e. The molecule has 0 atom stereocenters. The quantitative estimate of drug-likeness (QED) is 0.466. The van der Waals surface area contributed by atoms with E-state index in [1.165, 1.54) is 0 Å².